The maximum absolute atomic E-state index is 5.68. The number of fused-ring (bicyclic) bond motifs is 1. The maximum atomic E-state index is 5.68. The number of hydrogen-bond donors (Lipinski definition) is 1. The minimum absolute atomic E-state index is 0.747. The van der Waals surface area contributed by atoms with Gasteiger partial charge in [-0.3, -0.25) is 4.98 Å². The highest BCUT2D eigenvalue weighted by molar-refractivity contribution is 5.92. The Bertz CT molecular complexity index is 579. The van der Waals surface area contributed by atoms with Gasteiger partial charge in [0.15, 0.2) is 0 Å². The van der Waals surface area contributed by atoms with Crippen LogP contribution >= 0.6 is 0 Å². The third-order valence-corrected chi connectivity index (χ3v) is 4.02. The zero-order valence-electron chi connectivity index (χ0n) is 11.5. The predicted molar refractivity (Wildman–Crippen MR) is 80.5 cm³/mol. The Morgan fingerprint density at radius 1 is 1.37 bits per heavy atom. The van der Waals surface area contributed by atoms with Crippen LogP contribution < -0.4 is 10.6 Å². The van der Waals surface area contributed by atoms with Gasteiger partial charge in [0.1, 0.15) is 0 Å². The van der Waals surface area contributed by atoms with E-state index in [0.717, 1.165) is 43.2 Å². The van der Waals surface area contributed by atoms with Crippen molar-refractivity contribution in [2.24, 2.45) is 11.7 Å². The molecule has 1 aliphatic rings. The average molecular weight is 255 g/mol. The lowest BCUT2D eigenvalue weighted by Gasteiger charge is -2.21. The molecule has 0 saturated carbocycles. The molecule has 1 aromatic heterocycles. The zero-order valence-corrected chi connectivity index (χ0v) is 11.5. The van der Waals surface area contributed by atoms with Crippen LogP contribution in [0.1, 0.15) is 18.5 Å². The second-order valence-electron chi connectivity index (χ2n) is 5.48. The lowest BCUT2D eigenvalue weighted by atomic mass is 10.1. The van der Waals surface area contributed by atoms with E-state index in [1.165, 1.54) is 17.5 Å². The highest BCUT2D eigenvalue weighted by Gasteiger charge is 2.23. The summed E-state index contributed by atoms with van der Waals surface area (Å²) in [7, 11) is 0. The van der Waals surface area contributed by atoms with E-state index < -0.39 is 0 Å². The molecule has 0 aliphatic carbocycles. The van der Waals surface area contributed by atoms with Gasteiger partial charge in [0.05, 0.1) is 5.52 Å². The first-order valence-electron chi connectivity index (χ1n) is 7.09. The van der Waals surface area contributed by atoms with Crippen LogP contribution in [0.3, 0.4) is 0 Å². The summed E-state index contributed by atoms with van der Waals surface area (Å²) in [5.74, 6) is 0.747. The molecule has 3 heteroatoms. The van der Waals surface area contributed by atoms with Gasteiger partial charge in [0, 0.05) is 29.9 Å². The van der Waals surface area contributed by atoms with E-state index >= 15 is 0 Å². The highest BCUT2D eigenvalue weighted by atomic mass is 15.2. The molecule has 1 atom stereocenters. The highest BCUT2D eigenvalue weighted by Crippen LogP contribution is 2.31. The standard InChI is InChI=1S/C16H21N3/c1-12-10-16(14-4-2-3-5-15(14)18-12)19-9-7-13(11-19)6-8-17/h2-5,10,13H,6-9,11,17H2,1H3. The fourth-order valence-corrected chi connectivity index (χ4v) is 3.07. The van der Waals surface area contributed by atoms with Gasteiger partial charge in [-0.1, -0.05) is 18.2 Å². The van der Waals surface area contributed by atoms with Gasteiger partial charge >= 0.3 is 0 Å². The molecule has 1 fully saturated rings. The molecule has 3 rings (SSSR count). The second kappa shape index (κ2) is 5.17. The molecule has 1 saturated heterocycles. The summed E-state index contributed by atoms with van der Waals surface area (Å²) < 4.78 is 0. The number of anilines is 1. The van der Waals surface area contributed by atoms with E-state index in [2.05, 4.69) is 47.1 Å². The molecule has 0 radical (unpaired) electrons. The fourth-order valence-electron chi connectivity index (χ4n) is 3.07. The number of aromatic nitrogens is 1. The van der Waals surface area contributed by atoms with Gasteiger partial charge in [-0.25, -0.2) is 0 Å². The van der Waals surface area contributed by atoms with E-state index in [0.29, 0.717) is 0 Å². The smallest absolute Gasteiger partial charge is 0.0726 e. The van der Waals surface area contributed by atoms with Gasteiger partial charge in [-0.2, -0.15) is 0 Å². The van der Waals surface area contributed by atoms with Crippen LogP contribution in [-0.2, 0) is 0 Å². The lowest BCUT2D eigenvalue weighted by molar-refractivity contribution is 0.546. The van der Waals surface area contributed by atoms with Crippen LogP contribution in [0.5, 0.6) is 0 Å². The first kappa shape index (κ1) is 12.4. The Balaban J connectivity index is 1.96. The Hall–Kier alpha value is -1.61. The topological polar surface area (TPSA) is 42.1 Å². The number of nitrogens with zero attached hydrogens (tertiary/aromatic N) is 2. The number of rotatable bonds is 3. The van der Waals surface area contributed by atoms with Crippen LogP contribution in [0.15, 0.2) is 30.3 Å². The Morgan fingerprint density at radius 2 is 2.21 bits per heavy atom. The zero-order chi connectivity index (χ0) is 13.2. The minimum Gasteiger partial charge on any atom is -0.371 e. The average Bonchev–Trinajstić information content (AvgIpc) is 2.86. The minimum atomic E-state index is 0.747. The number of para-hydroxylation sites is 1. The van der Waals surface area contributed by atoms with Crippen LogP contribution in [0.25, 0.3) is 10.9 Å². The number of aryl methyl sites for hydroxylation is 1. The fraction of sp³-hybridized carbons (Fsp3) is 0.438. The maximum Gasteiger partial charge on any atom is 0.0726 e. The molecule has 1 unspecified atom stereocenters. The van der Waals surface area contributed by atoms with Crippen molar-refractivity contribution < 1.29 is 0 Å². The molecule has 2 heterocycles. The summed E-state index contributed by atoms with van der Waals surface area (Å²) in [5.41, 5.74) is 9.20. The molecule has 0 spiro atoms. The molecule has 1 aliphatic heterocycles. The van der Waals surface area contributed by atoms with Crippen molar-refractivity contribution in [1.82, 2.24) is 4.98 Å². The lowest BCUT2D eigenvalue weighted by Crippen LogP contribution is -2.21. The number of hydrogen-bond acceptors (Lipinski definition) is 3. The second-order valence-corrected chi connectivity index (χ2v) is 5.48. The molecular weight excluding hydrogens is 234 g/mol. The Kier molecular flexibility index (Phi) is 3.38. The largest absolute Gasteiger partial charge is 0.371 e. The van der Waals surface area contributed by atoms with Crippen LogP contribution in [-0.4, -0.2) is 24.6 Å². The number of nitrogens with two attached hydrogens (primary N) is 1. The molecule has 0 bridgehead atoms. The monoisotopic (exact) mass is 255 g/mol. The summed E-state index contributed by atoms with van der Waals surface area (Å²) in [6, 6.07) is 10.6. The van der Waals surface area contributed by atoms with Crippen molar-refractivity contribution >= 4 is 16.6 Å². The van der Waals surface area contributed by atoms with Gasteiger partial charge < -0.3 is 10.6 Å². The number of pyridine rings is 1. The van der Waals surface area contributed by atoms with Crippen molar-refractivity contribution in [3.8, 4) is 0 Å². The van der Waals surface area contributed by atoms with E-state index in [9.17, 15) is 0 Å². The molecule has 3 nitrogen and oxygen atoms in total. The summed E-state index contributed by atoms with van der Waals surface area (Å²) in [5, 5.41) is 1.27. The molecule has 100 valence electrons. The van der Waals surface area contributed by atoms with Crippen molar-refractivity contribution in [3.05, 3.63) is 36.0 Å². The molecule has 2 N–H and O–H groups in total. The van der Waals surface area contributed by atoms with Crippen LogP contribution in [0, 0.1) is 12.8 Å². The van der Waals surface area contributed by atoms with Crippen LogP contribution in [0.2, 0.25) is 0 Å². The Labute approximate surface area is 114 Å². The molecule has 19 heavy (non-hydrogen) atoms. The SMILES string of the molecule is Cc1cc(N2CCC(CCN)C2)c2ccccc2n1. The van der Waals surface area contributed by atoms with E-state index in [1.54, 1.807) is 0 Å². The summed E-state index contributed by atoms with van der Waals surface area (Å²) in [6.07, 6.45) is 2.39. The third kappa shape index (κ3) is 2.43. The van der Waals surface area contributed by atoms with Gasteiger partial charge in [-0.15, -0.1) is 0 Å². The predicted octanol–water partition coefficient (Wildman–Crippen LogP) is 2.72. The van der Waals surface area contributed by atoms with E-state index in [4.69, 9.17) is 5.73 Å². The summed E-state index contributed by atoms with van der Waals surface area (Å²) >= 11 is 0. The van der Waals surface area contributed by atoms with Crippen molar-refractivity contribution in [2.45, 2.75) is 19.8 Å². The number of benzene rings is 1. The normalized spacial score (nSPS) is 19.3. The Morgan fingerprint density at radius 3 is 3.05 bits per heavy atom. The first-order chi connectivity index (χ1) is 9.28. The quantitative estimate of drug-likeness (QED) is 0.917. The third-order valence-electron chi connectivity index (χ3n) is 4.02. The van der Waals surface area contributed by atoms with E-state index in [-0.39, 0.29) is 0 Å². The van der Waals surface area contributed by atoms with Crippen LogP contribution in [0.4, 0.5) is 5.69 Å². The molecular formula is C16H21N3. The van der Waals surface area contributed by atoms with Crippen molar-refractivity contribution in [1.29, 1.82) is 0 Å². The molecule has 1 aromatic carbocycles. The summed E-state index contributed by atoms with van der Waals surface area (Å²) in [4.78, 5) is 7.11. The van der Waals surface area contributed by atoms with Crippen molar-refractivity contribution in [2.75, 3.05) is 24.5 Å². The first-order valence-corrected chi connectivity index (χ1v) is 7.09. The molecule has 0 amide bonds. The molecule has 2 aromatic rings. The van der Waals surface area contributed by atoms with Gasteiger partial charge in [0.25, 0.3) is 0 Å². The van der Waals surface area contributed by atoms with E-state index in [1.807, 2.05) is 0 Å². The van der Waals surface area contributed by atoms with Gasteiger partial charge in [0.2, 0.25) is 0 Å². The van der Waals surface area contributed by atoms with Crippen molar-refractivity contribution in [3.63, 3.8) is 0 Å². The summed E-state index contributed by atoms with van der Waals surface area (Å²) in [6.45, 7) is 5.14. The van der Waals surface area contributed by atoms with Gasteiger partial charge in [-0.05, 0) is 44.4 Å².